The van der Waals surface area contributed by atoms with Crippen molar-refractivity contribution >= 4 is 11.6 Å². The molecule has 1 aliphatic heterocycles. The van der Waals surface area contributed by atoms with E-state index in [1.165, 1.54) is 0 Å². The molecule has 0 radical (unpaired) electrons. The molecule has 0 aromatic heterocycles. The van der Waals surface area contributed by atoms with Gasteiger partial charge in [0.05, 0.1) is 11.9 Å². The largest absolute Gasteiger partial charge is 0.364 e. The molecule has 0 aromatic rings. The molecule has 0 bridgehead atoms. The van der Waals surface area contributed by atoms with Crippen LogP contribution in [0.4, 0.5) is 0 Å². The molecule has 0 fully saturated rings. The molecular weight excluding hydrogens is 128 g/mol. The summed E-state index contributed by atoms with van der Waals surface area (Å²) in [6, 6.07) is 0.0116. The van der Waals surface area contributed by atoms with Crippen molar-refractivity contribution in [3.05, 3.63) is 0 Å². The molecule has 0 aliphatic carbocycles. The second kappa shape index (κ2) is 2.82. The maximum Gasteiger partial charge on any atom is 0.152 e. The zero-order valence-electron chi connectivity index (χ0n) is 6.35. The molecule has 0 saturated carbocycles. The van der Waals surface area contributed by atoms with E-state index in [1.54, 1.807) is 6.92 Å². The summed E-state index contributed by atoms with van der Waals surface area (Å²) >= 11 is 0. The number of aliphatic imine (C=N–C) groups is 1. The Balaban J connectivity index is 2.53. The Bertz CT molecular complexity index is 174. The summed E-state index contributed by atoms with van der Waals surface area (Å²) in [5.41, 5.74) is 0. The first-order valence-electron chi connectivity index (χ1n) is 3.48. The van der Waals surface area contributed by atoms with Gasteiger partial charge in [-0.1, -0.05) is 0 Å². The quantitative estimate of drug-likeness (QED) is 0.571. The van der Waals surface area contributed by atoms with E-state index < -0.39 is 0 Å². The van der Waals surface area contributed by atoms with Gasteiger partial charge >= 0.3 is 0 Å². The van der Waals surface area contributed by atoms with Crippen LogP contribution in [0.15, 0.2) is 4.99 Å². The van der Waals surface area contributed by atoms with Gasteiger partial charge in [0.1, 0.15) is 0 Å². The fourth-order valence-electron chi connectivity index (χ4n) is 1.04. The number of nitrogens with zero attached hydrogens (tertiary/aromatic N) is 1. The Hall–Kier alpha value is -0.860. The highest BCUT2D eigenvalue weighted by Crippen LogP contribution is 1.99. The second-order valence-corrected chi connectivity index (χ2v) is 2.56. The number of hydrogen-bond donors (Lipinski definition) is 1. The Morgan fingerprint density at radius 1 is 1.80 bits per heavy atom. The zero-order chi connectivity index (χ0) is 7.56. The van der Waals surface area contributed by atoms with Crippen LogP contribution in [-0.2, 0) is 4.79 Å². The van der Waals surface area contributed by atoms with Crippen LogP contribution in [-0.4, -0.2) is 24.2 Å². The Morgan fingerprint density at radius 2 is 2.50 bits per heavy atom. The van der Waals surface area contributed by atoms with Crippen molar-refractivity contribution in [1.29, 1.82) is 0 Å². The van der Waals surface area contributed by atoms with E-state index in [4.69, 9.17) is 0 Å². The smallest absolute Gasteiger partial charge is 0.152 e. The number of nitrogens with one attached hydrogen (secondary N) is 1. The number of carbonyl (C=O) groups excluding carboxylic acids is 1. The van der Waals surface area contributed by atoms with Crippen LogP contribution in [0.2, 0.25) is 0 Å². The molecule has 1 unspecified atom stereocenters. The number of amidine groups is 1. The molecular formula is C7H12N2O. The maximum absolute atomic E-state index is 10.8. The number of carbonyl (C=O) groups is 1. The zero-order valence-corrected chi connectivity index (χ0v) is 6.35. The van der Waals surface area contributed by atoms with Gasteiger partial charge in [-0.15, -0.1) is 0 Å². The van der Waals surface area contributed by atoms with E-state index in [0.717, 1.165) is 18.8 Å². The highest BCUT2D eigenvalue weighted by molar-refractivity contribution is 5.89. The Morgan fingerprint density at radius 3 is 2.90 bits per heavy atom. The number of rotatable bonds is 1. The summed E-state index contributed by atoms with van der Waals surface area (Å²) in [4.78, 5) is 14.9. The van der Waals surface area contributed by atoms with Gasteiger partial charge in [-0.3, -0.25) is 9.79 Å². The first-order chi connectivity index (χ1) is 4.70. The first-order valence-corrected chi connectivity index (χ1v) is 3.48. The summed E-state index contributed by atoms with van der Waals surface area (Å²) in [6.45, 7) is 4.27. The highest BCUT2D eigenvalue weighted by atomic mass is 16.1. The lowest BCUT2D eigenvalue weighted by molar-refractivity contribution is -0.118. The van der Waals surface area contributed by atoms with E-state index >= 15 is 0 Å². The summed E-state index contributed by atoms with van der Waals surface area (Å²) in [5, 5.41) is 3.02. The summed E-state index contributed by atoms with van der Waals surface area (Å²) in [5.74, 6) is 1.08. The average Bonchev–Trinajstić information content (AvgIpc) is 1.88. The van der Waals surface area contributed by atoms with Gasteiger partial charge < -0.3 is 5.32 Å². The molecule has 3 nitrogen and oxygen atoms in total. The molecule has 1 aliphatic rings. The third kappa shape index (κ3) is 1.56. The molecule has 1 atom stereocenters. The minimum absolute atomic E-state index is 0.0116. The van der Waals surface area contributed by atoms with E-state index in [1.807, 2.05) is 6.92 Å². The Kier molecular flexibility index (Phi) is 2.04. The fraction of sp³-hybridized carbons (Fsp3) is 0.714. The van der Waals surface area contributed by atoms with Crippen molar-refractivity contribution in [3.8, 4) is 0 Å². The maximum atomic E-state index is 10.8. The van der Waals surface area contributed by atoms with E-state index in [2.05, 4.69) is 10.3 Å². The number of hydrogen-bond acceptors (Lipinski definition) is 3. The van der Waals surface area contributed by atoms with Crippen molar-refractivity contribution in [3.63, 3.8) is 0 Å². The molecule has 1 rings (SSSR count). The van der Waals surface area contributed by atoms with Crippen LogP contribution >= 0.6 is 0 Å². The predicted molar refractivity (Wildman–Crippen MR) is 40.2 cm³/mol. The van der Waals surface area contributed by atoms with Crippen molar-refractivity contribution < 1.29 is 4.79 Å². The van der Waals surface area contributed by atoms with Crippen LogP contribution in [0.1, 0.15) is 20.3 Å². The standard InChI is InChI=1S/C7H12N2O/c1-5(10)7-3-4-8-6(2)9-7/h7H,3-4H2,1-2H3,(H,8,9). The van der Waals surface area contributed by atoms with Crippen LogP contribution in [0.5, 0.6) is 0 Å². The van der Waals surface area contributed by atoms with E-state index in [-0.39, 0.29) is 11.8 Å². The fourth-order valence-corrected chi connectivity index (χ4v) is 1.04. The van der Waals surface area contributed by atoms with Crippen LogP contribution in [0.3, 0.4) is 0 Å². The second-order valence-electron chi connectivity index (χ2n) is 2.56. The lowest BCUT2D eigenvalue weighted by Gasteiger charge is -2.19. The highest BCUT2D eigenvalue weighted by Gasteiger charge is 2.16. The van der Waals surface area contributed by atoms with E-state index in [9.17, 15) is 4.79 Å². The molecule has 0 spiro atoms. The summed E-state index contributed by atoms with van der Waals surface area (Å²) in [6.07, 6.45) is 0.840. The van der Waals surface area contributed by atoms with E-state index in [0.29, 0.717) is 0 Å². The molecule has 0 aromatic carbocycles. The van der Waals surface area contributed by atoms with Gasteiger partial charge in [0.15, 0.2) is 5.78 Å². The molecule has 10 heavy (non-hydrogen) atoms. The van der Waals surface area contributed by atoms with Gasteiger partial charge in [-0.05, 0) is 20.3 Å². The summed E-state index contributed by atoms with van der Waals surface area (Å²) in [7, 11) is 0. The van der Waals surface area contributed by atoms with Gasteiger partial charge in [0, 0.05) is 6.54 Å². The topological polar surface area (TPSA) is 41.5 Å². The summed E-state index contributed by atoms with van der Waals surface area (Å²) < 4.78 is 0. The molecule has 1 N–H and O–H groups in total. The average molecular weight is 140 g/mol. The minimum atomic E-state index is 0.0116. The minimum Gasteiger partial charge on any atom is -0.364 e. The first kappa shape index (κ1) is 7.25. The molecule has 0 saturated heterocycles. The van der Waals surface area contributed by atoms with Crippen molar-refractivity contribution in [2.45, 2.75) is 26.3 Å². The third-order valence-electron chi connectivity index (χ3n) is 1.64. The van der Waals surface area contributed by atoms with Crippen LogP contribution in [0.25, 0.3) is 0 Å². The monoisotopic (exact) mass is 140 g/mol. The van der Waals surface area contributed by atoms with Crippen LogP contribution in [0, 0.1) is 0 Å². The van der Waals surface area contributed by atoms with Gasteiger partial charge in [-0.2, -0.15) is 0 Å². The van der Waals surface area contributed by atoms with Crippen molar-refractivity contribution in [2.24, 2.45) is 4.99 Å². The Labute approximate surface area is 60.5 Å². The van der Waals surface area contributed by atoms with Crippen molar-refractivity contribution in [1.82, 2.24) is 5.32 Å². The molecule has 3 heteroatoms. The lowest BCUT2D eigenvalue weighted by Crippen LogP contribution is -2.42. The van der Waals surface area contributed by atoms with Gasteiger partial charge in [0.2, 0.25) is 0 Å². The van der Waals surface area contributed by atoms with Crippen molar-refractivity contribution in [2.75, 3.05) is 6.54 Å². The number of ketones is 1. The molecule has 1 heterocycles. The molecule has 56 valence electrons. The predicted octanol–water partition coefficient (Wildman–Crippen LogP) is 0.356. The lowest BCUT2D eigenvalue weighted by atomic mass is 10.1. The van der Waals surface area contributed by atoms with Gasteiger partial charge in [0.25, 0.3) is 0 Å². The number of Topliss-reactive ketones (excluding diaryl/α,β-unsaturated/α-hetero) is 1. The SMILES string of the molecule is CC(=O)C1CCN=C(C)N1. The third-order valence-corrected chi connectivity index (χ3v) is 1.64. The van der Waals surface area contributed by atoms with Gasteiger partial charge in [-0.25, -0.2) is 0 Å². The van der Waals surface area contributed by atoms with Crippen LogP contribution < -0.4 is 5.32 Å². The molecule has 0 amide bonds. The normalized spacial score (nSPS) is 25.0.